The maximum atomic E-state index is 12.1. The molecular weight excluding hydrogens is 274 g/mol. The predicted octanol–water partition coefficient (Wildman–Crippen LogP) is 3.96. The standard InChI is InChI=1S/C19H17NO2/c1-12-8-9-13(2)15(10-12)11-17-19(21)22-18(20-17)16-7-5-4-6-14(16)3/h4-11H,1-3H3/b17-11+. The first kappa shape index (κ1) is 14.3. The summed E-state index contributed by atoms with van der Waals surface area (Å²) in [7, 11) is 0. The van der Waals surface area contributed by atoms with Crippen molar-refractivity contribution >= 4 is 17.9 Å². The zero-order chi connectivity index (χ0) is 15.7. The van der Waals surface area contributed by atoms with Gasteiger partial charge in [-0.1, -0.05) is 42.0 Å². The molecule has 0 unspecified atom stereocenters. The summed E-state index contributed by atoms with van der Waals surface area (Å²) in [5.74, 6) is -0.0289. The molecule has 0 bridgehead atoms. The fourth-order valence-corrected chi connectivity index (χ4v) is 2.40. The maximum absolute atomic E-state index is 12.1. The minimum Gasteiger partial charge on any atom is -0.402 e. The minimum atomic E-state index is -0.404. The monoisotopic (exact) mass is 291 g/mol. The second-order valence-corrected chi connectivity index (χ2v) is 5.51. The number of nitrogens with zero attached hydrogens (tertiary/aromatic N) is 1. The van der Waals surface area contributed by atoms with E-state index < -0.39 is 5.97 Å². The third-order valence-electron chi connectivity index (χ3n) is 3.72. The summed E-state index contributed by atoms with van der Waals surface area (Å²) in [6.07, 6.45) is 1.79. The van der Waals surface area contributed by atoms with Crippen LogP contribution in [0, 0.1) is 20.8 Å². The van der Waals surface area contributed by atoms with Crippen LogP contribution >= 0.6 is 0 Å². The van der Waals surface area contributed by atoms with Crippen molar-refractivity contribution in [3.05, 3.63) is 76.0 Å². The van der Waals surface area contributed by atoms with Gasteiger partial charge in [0.15, 0.2) is 5.70 Å². The molecule has 0 radical (unpaired) electrons. The van der Waals surface area contributed by atoms with Crippen LogP contribution in [0.3, 0.4) is 0 Å². The van der Waals surface area contributed by atoms with Crippen molar-refractivity contribution in [1.29, 1.82) is 0 Å². The fourth-order valence-electron chi connectivity index (χ4n) is 2.40. The average Bonchev–Trinajstić information content (AvgIpc) is 2.84. The van der Waals surface area contributed by atoms with E-state index in [4.69, 9.17) is 4.74 Å². The number of carbonyl (C=O) groups excluding carboxylic acids is 1. The molecule has 1 aliphatic rings. The molecule has 110 valence electrons. The van der Waals surface area contributed by atoms with E-state index in [0.29, 0.717) is 11.6 Å². The Morgan fingerprint density at radius 3 is 2.55 bits per heavy atom. The van der Waals surface area contributed by atoms with Gasteiger partial charge < -0.3 is 4.74 Å². The Morgan fingerprint density at radius 1 is 1.00 bits per heavy atom. The van der Waals surface area contributed by atoms with Crippen LogP contribution in [-0.2, 0) is 9.53 Å². The third kappa shape index (κ3) is 2.70. The number of hydrogen-bond acceptors (Lipinski definition) is 3. The molecule has 2 aromatic rings. The zero-order valence-electron chi connectivity index (χ0n) is 12.9. The highest BCUT2D eigenvalue weighted by atomic mass is 16.6. The molecule has 3 heteroatoms. The number of hydrogen-bond donors (Lipinski definition) is 0. The van der Waals surface area contributed by atoms with E-state index in [1.54, 1.807) is 6.08 Å². The normalized spacial score (nSPS) is 15.9. The molecule has 0 spiro atoms. The lowest BCUT2D eigenvalue weighted by atomic mass is 10.0. The molecule has 3 rings (SSSR count). The molecule has 2 aromatic carbocycles. The second kappa shape index (κ2) is 5.60. The molecule has 0 fully saturated rings. The summed E-state index contributed by atoms with van der Waals surface area (Å²) in [5.41, 5.74) is 5.45. The molecule has 0 atom stereocenters. The molecule has 0 N–H and O–H groups in total. The van der Waals surface area contributed by atoms with Gasteiger partial charge in [-0.25, -0.2) is 9.79 Å². The van der Waals surface area contributed by atoms with E-state index in [9.17, 15) is 4.79 Å². The summed E-state index contributed by atoms with van der Waals surface area (Å²) in [4.78, 5) is 16.4. The molecule has 0 saturated carbocycles. The van der Waals surface area contributed by atoms with Gasteiger partial charge in [0.2, 0.25) is 5.90 Å². The van der Waals surface area contributed by atoms with Crippen LogP contribution < -0.4 is 0 Å². The number of aryl methyl sites for hydroxylation is 3. The Labute approximate surface area is 130 Å². The van der Waals surface area contributed by atoms with E-state index >= 15 is 0 Å². The van der Waals surface area contributed by atoms with Crippen LogP contribution in [0.15, 0.2) is 53.2 Å². The molecule has 1 aliphatic heterocycles. The van der Waals surface area contributed by atoms with Crippen LogP contribution in [0.5, 0.6) is 0 Å². The molecule has 22 heavy (non-hydrogen) atoms. The van der Waals surface area contributed by atoms with Crippen molar-refractivity contribution in [3.63, 3.8) is 0 Å². The van der Waals surface area contributed by atoms with Gasteiger partial charge in [0, 0.05) is 5.56 Å². The van der Waals surface area contributed by atoms with Crippen molar-refractivity contribution in [2.45, 2.75) is 20.8 Å². The SMILES string of the molecule is Cc1ccc(C)c(/C=C2/N=C(c3ccccc3C)OC2=O)c1. The third-order valence-corrected chi connectivity index (χ3v) is 3.72. The molecule has 0 saturated heterocycles. The summed E-state index contributed by atoms with van der Waals surface area (Å²) in [6, 6.07) is 13.9. The number of ether oxygens (including phenoxy) is 1. The Morgan fingerprint density at radius 2 is 1.77 bits per heavy atom. The van der Waals surface area contributed by atoms with Crippen LogP contribution in [0.1, 0.15) is 27.8 Å². The molecule has 0 aromatic heterocycles. The molecule has 0 amide bonds. The van der Waals surface area contributed by atoms with Crippen molar-refractivity contribution in [1.82, 2.24) is 0 Å². The molecule has 1 heterocycles. The quantitative estimate of drug-likeness (QED) is 0.620. The Balaban J connectivity index is 2.02. The highest BCUT2D eigenvalue weighted by Gasteiger charge is 2.25. The first-order valence-electron chi connectivity index (χ1n) is 7.20. The highest BCUT2D eigenvalue weighted by Crippen LogP contribution is 2.22. The molecule has 0 aliphatic carbocycles. The van der Waals surface area contributed by atoms with E-state index in [2.05, 4.69) is 4.99 Å². The van der Waals surface area contributed by atoms with Crippen molar-refractivity contribution in [2.24, 2.45) is 4.99 Å². The number of cyclic esters (lactones) is 1. The zero-order valence-corrected chi connectivity index (χ0v) is 12.9. The summed E-state index contributed by atoms with van der Waals surface area (Å²) >= 11 is 0. The Kier molecular flexibility index (Phi) is 3.63. The highest BCUT2D eigenvalue weighted by molar-refractivity contribution is 6.13. The van der Waals surface area contributed by atoms with Gasteiger partial charge in [0.05, 0.1) is 0 Å². The van der Waals surface area contributed by atoms with E-state index in [-0.39, 0.29) is 0 Å². The number of rotatable bonds is 2. The van der Waals surface area contributed by atoms with Crippen LogP contribution in [0.4, 0.5) is 0 Å². The lowest BCUT2D eigenvalue weighted by Crippen LogP contribution is -2.06. The lowest BCUT2D eigenvalue weighted by Gasteiger charge is -2.02. The van der Waals surface area contributed by atoms with Gasteiger partial charge in [-0.05, 0) is 49.6 Å². The first-order chi connectivity index (χ1) is 10.5. The van der Waals surface area contributed by atoms with Crippen LogP contribution in [0.2, 0.25) is 0 Å². The van der Waals surface area contributed by atoms with Crippen LogP contribution in [-0.4, -0.2) is 11.9 Å². The molecule has 3 nitrogen and oxygen atoms in total. The summed E-state index contributed by atoms with van der Waals surface area (Å²) in [6.45, 7) is 6.01. The Hall–Kier alpha value is -2.68. The number of carbonyl (C=O) groups is 1. The van der Waals surface area contributed by atoms with Crippen molar-refractivity contribution in [2.75, 3.05) is 0 Å². The minimum absolute atomic E-state index is 0.340. The van der Waals surface area contributed by atoms with Crippen LogP contribution in [0.25, 0.3) is 6.08 Å². The number of esters is 1. The summed E-state index contributed by atoms with van der Waals surface area (Å²) < 4.78 is 5.33. The van der Waals surface area contributed by atoms with Gasteiger partial charge in [0.1, 0.15) is 0 Å². The molecular formula is C19H17NO2. The van der Waals surface area contributed by atoms with E-state index in [1.807, 2.05) is 63.2 Å². The van der Waals surface area contributed by atoms with Gasteiger partial charge in [-0.15, -0.1) is 0 Å². The topological polar surface area (TPSA) is 38.7 Å². The van der Waals surface area contributed by atoms with E-state index in [1.165, 1.54) is 0 Å². The Bertz CT molecular complexity index is 816. The maximum Gasteiger partial charge on any atom is 0.363 e. The summed E-state index contributed by atoms with van der Waals surface area (Å²) in [5, 5.41) is 0. The number of aliphatic imine (C=N–C) groups is 1. The lowest BCUT2D eigenvalue weighted by molar-refractivity contribution is -0.129. The van der Waals surface area contributed by atoms with Gasteiger partial charge >= 0.3 is 5.97 Å². The predicted molar refractivity (Wildman–Crippen MR) is 87.7 cm³/mol. The van der Waals surface area contributed by atoms with Gasteiger partial charge in [-0.2, -0.15) is 0 Å². The first-order valence-corrected chi connectivity index (χ1v) is 7.20. The van der Waals surface area contributed by atoms with E-state index in [0.717, 1.165) is 27.8 Å². The van der Waals surface area contributed by atoms with Gasteiger partial charge in [0.25, 0.3) is 0 Å². The largest absolute Gasteiger partial charge is 0.402 e. The van der Waals surface area contributed by atoms with Crippen molar-refractivity contribution in [3.8, 4) is 0 Å². The van der Waals surface area contributed by atoms with Crippen molar-refractivity contribution < 1.29 is 9.53 Å². The number of benzene rings is 2. The van der Waals surface area contributed by atoms with Gasteiger partial charge in [-0.3, -0.25) is 0 Å². The average molecular weight is 291 g/mol. The smallest absolute Gasteiger partial charge is 0.363 e. The second-order valence-electron chi connectivity index (χ2n) is 5.51. The fraction of sp³-hybridized carbons (Fsp3) is 0.158.